The fraction of sp³-hybridized carbons (Fsp3) is 0.200. The number of nitrogens with one attached hydrogen (secondary N) is 1. The summed E-state index contributed by atoms with van der Waals surface area (Å²) in [4.78, 5) is 0. The SMILES string of the molecule is Cc1ccc(C(Cc2cccc(F)c2Br)NN)cc1F. The Bertz CT molecular complexity index is 617. The van der Waals surface area contributed by atoms with Crippen molar-refractivity contribution in [3.63, 3.8) is 0 Å². The third-order valence-electron chi connectivity index (χ3n) is 3.26. The molecule has 5 heteroatoms. The predicted octanol–water partition coefficient (Wildman–Crippen LogP) is 3.78. The first-order valence-corrected chi connectivity index (χ1v) is 6.97. The molecule has 0 aromatic heterocycles. The van der Waals surface area contributed by atoms with Gasteiger partial charge in [-0.05, 0) is 58.1 Å². The van der Waals surface area contributed by atoms with Crippen LogP contribution in [0.4, 0.5) is 8.78 Å². The fourth-order valence-electron chi connectivity index (χ4n) is 2.02. The molecule has 0 spiro atoms. The number of aryl methyl sites for hydroxylation is 1. The van der Waals surface area contributed by atoms with Gasteiger partial charge in [-0.3, -0.25) is 11.3 Å². The minimum atomic E-state index is -0.326. The predicted molar refractivity (Wildman–Crippen MR) is 79.0 cm³/mol. The van der Waals surface area contributed by atoms with Gasteiger partial charge in [0.2, 0.25) is 0 Å². The molecule has 1 unspecified atom stereocenters. The van der Waals surface area contributed by atoms with Gasteiger partial charge in [0, 0.05) is 0 Å². The molecule has 0 aliphatic rings. The van der Waals surface area contributed by atoms with Crippen LogP contribution < -0.4 is 11.3 Å². The van der Waals surface area contributed by atoms with Crippen molar-refractivity contribution in [1.29, 1.82) is 0 Å². The van der Waals surface area contributed by atoms with Crippen molar-refractivity contribution in [2.24, 2.45) is 5.84 Å². The zero-order chi connectivity index (χ0) is 14.7. The van der Waals surface area contributed by atoms with Crippen LogP contribution in [0.2, 0.25) is 0 Å². The summed E-state index contributed by atoms with van der Waals surface area (Å²) < 4.78 is 27.5. The highest BCUT2D eigenvalue weighted by atomic mass is 79.9. The number of nitrogens with two attached hydrogens (primary N) is 1. The summed E-state index contributed by atoms with van der Waals surface area (Å²) in [5.41, 5.74) is 4.73. The molecule has 2 aromatic rings. The first-order chi connectivity index (χ1) is 9.52. The van der Waals surface area contributed by atoms with Crippen molar-refractivity contribution in [2.75, 3.05) is 0 Å². The van der Waals surface area contributed by atoms with Crippen molar-refractivity contribution >= 4 is 15.9 Å². The van der Waals surface area contributed by atoms with E-state index in [4.69, 9.17) is 5.84 Å². The fourth-order valence-corrected chi connectivity index (χ4v) is 2.45. The second kappa shape index (κ2) is 6.43. The molecule has 0 heterocycles. The molecule has 0 radical (unpaired) electrons. The van der Waals surface area contributed by atoms with Gasteiger partial charge in [0.1, 0.15) is 11.6 Å². The third kappa shape index (κ3) is 3.23. The molecule has 2 aromatic carbocycles. The van der Waals surface area contributed by atoms with Gasteiger partial charge in [0.05, 0.1) is 10.5 Å². The van der Waals surface area contributed by atoms with Crippen molar-refractivity contribution in [1.82, 2.24) is 5.43 Å². The van der Waals surface area contributed by atoms with Crippen LogP contribution in [0.1, 0.15) is 22.7 Å². The monoisotopic (exact) mass is 340 g/mol. The summed E-state index contributed by atoms with van der Waals surface area (Å²) in [6.45, 7) is 1.70. The number of hydrogen-bond acceptors (Lipinski definition) is 2. The molecule has 0 saturated carbocycles. The number of halogens is 3. The van der Waals surface area contributed by atoms with E-state index in [-0.39, 0.29) is 17.7 Å². The average Bonchev–Trinajstić information content (AvgIpc) is 2.44. The first-order valence-electron chi connectivity index (χ1n) is 6.18. The van der Waals surface area contributed by atoms with Crippen LogP contribution in [0.25, 0.3) is 0 Å². The lowest BCUT2D eigenvalue weighted by atomic mass is 9.98. The molecule has 1 atom stereocenters. The van der Waals surface area contributed by atoms with E-state index in [1.807, 2.05) is 12.1 Å². The molecule has 0 aliphatic carbocycles. The van der Waals surface area contributed by atoms with Crippen LogP contribution in [-0.4, -0.2) is 0 Å². The maximum atomic E-state index is 13.6. The van der Waals surface area contributed by atoms with Gasteiger partial charge in [-0.25, -0.2) is 8.78 Å². The van der Waals surface area contributed by atoms with Crippen molar-refractivity contribution in [3.8, 4) is 0 Å². The molecule has 2 rings (SSSR count). The molecule has 20 heavy (non-hydrogen) atoms. The lowest BCUT2D eigenvalue weighted by Gasteiger charge is -2.18. The minimum absolute atomic E-state index is 0.277. The number of benzene rings is 2. The Morgan fingerprint density at radius 1 is 1.20 bits per heavy atom. The van der Waals surface area contributed by atoms with E-state index in [9.17, 15) is 8.78 Å². The van der Waals surface area contributed by atoms with Gasteiger partial charge in [-0.2, -0.15) is 0 Å². The number of rotatable bonds is 4. The molecular weight excluding hydrogens is 326 g/mol. The summed E-state index contributed by atoms with van der Waals surface area (Å²) in [5, 5.41) is 0. The second-order valence-electron chi connectivity index (χ2n) is 4.64. The van der Waals surface area contributed by atoms with Gasteiger partial charge in [0.15, 0.2) is 0 Å². The van der Waals surface area contributed by atoms with Crippen molar-refractivity contribution < 1.29 is 8.78 Å². The van der Waals surface area contributed by atoms with Gasteiger partial charge in [-0.15, -0.1) is 0 Å². The normalized spacial score (nSPS) is 12.4. The van der Waals surface area contributed by atoms with Crippen molar-refractivity contribution in [3.05, 3.63) is 69.2 Å². The Balaban J connectivity index is 2.28. The van der Waals surface area contributed by atoms with E-state index < -0.39 is 0 Å². The molecule has 0 amide bonds. The van der Waals surface area contributed by atoms with Gasteiger partial charge in [-0.1, -0.05) is 24.3 Å². The Hall–Kier alpha value is -1.30. The quantitative estimate of drug-likeness (QED) is 0.656. The zero-order valence-electron chi connectivity index (χ0n) is 11.0. The van der Waals surface area contributed by atoms with E-state index >= 15 is 0 Å². The summed E-state index contributed by atoms with van der Waals surface area (Å²) in [6, 6.07) is 9.51. The van der Waals surface area contributed by atoms with Crippen LogP contribution in [0, 0.1) is 18.6 Å². The highest BCUT2D eigenvalue weighted by molar-refractivity contribution is 9.10. The van der Waals surface area contributed by atoms with E-state index in [0.717, 1.165) is 11.1 Å². The second-order valence-corrected chi connectivity index (χ2v) is 5.44. The van der Waals surface area contributed by atoms with E-state index in [1.165, 1.54) is 12.1 Å². The number of hydrazine groups is 1. The molecule has 0 bridgehead atoms. The molecule has 3 N–H and O–H groups in total. The van der Waals surface area contributed by atoms with Gasteiger partial charge < -0.3 is 0 Å². The van der Waals surface area contributed by atoms with E-state index in [2.05, 4.69) is 21.4 Å². The van der Waals surface area contributed by atoms with Crippen molar-refractivity contribution in [2.45, 2.75) is 19.4 Å². The topological polar surface area (TPSA) is 38.0 Å². The lowest BCUT2D eigenvalue weighted by Crippen LogP contribution is -2.29. The van der Waals surface area contributed by atoms with Gasteiger partial charge >= 0.3 is 0 Å². The maximum absolute atomic E-state index is 13.6. The molecule has 106 valence electrons. The summed E-state index contributed by atoms with van der Waals surface area (Å²) >= 11 is 3.22. The maximum Gasteiger partial charge on any atom is 0.137 e. The number of hydrogen-bond donors (Lipinski definition) is 2. The first kappa shape index (κ1) is 15.1. The molecule has 0 fully saturated rings. The molecular formula is C15H15BrF2N2. The van der Waals surface area contributed by atoms with E-state index in [1.54, 1.807) is 19.1 Å². The average molecular weight is 341 g/mol. The Kier molecular flexibility index (Phi) is 4.86. The Morgan fingerprint density at radius 2 is 1.95 bits per heavy atom. The van der Waals surface area contributed by atoms with Crippen LogP contribution >= 0.6 is 15.9 Å². The Morgan fingerprint density at radius 3 is 2.60 bits per heavy atom. The minimum Gasteiger partial charge on any atom is -0.271 e. The highest BCUT2D eigenvalue weighted by Crippen LogP contribution is 2.26. The summed E-state index contributed by atoms with van der Waals surface area (Å²) in [6.07, 6.45) is 0.456. The van der Waals surface area contributed by atoms with Crippen LogP contribution in [0.3, 0.4) is 0 Å². The highest BCUT2D eigenvalue weighted by Gasteiger charge is 2.15. The zero-order valence-corrected chi connectivity index (χ0v) is 12.5. The molecule has 0 aliphatic heterocycles. The lowest BCUT2D eigenvalue weighted by molar-refractivity contribution is 0.539. The third-order valence-corrected chi connectivity index (χ3v) is 4.14. The molecule has 0 saturated heterocycles. The largest absolute Gasteiger partial charge is 0.271 e. The van der Waals surface area contributed by atoms with Crippen LogP contribution in [0.15, 0.2) is 40.9 Å². The summed E-state index contributed by atoms with van der Waals surface area (Å²) in [7, 11) is 0. The van der Waals surface area contributed by atoms with Crippen LogP contribution in [0.5, 0.6) is 0 Å². The standard InChI is InChI=1S/C15H15BrF2N2/c1-9-5-6-10(7-13(9)18)14(20-19)8-11-3-2-4-12(17)15(11)16/h2-7,14,20H,8,19H2,1H3. The van der Waals surface area contributed by atoms with Crippen LogP contribution in [-0.2, 0) is 6.42 Å². The molecule has 2 nitrogen and oxygen atoms in total. The van der Waals surface area contributed by atoms with E-state index in [0.29, 0.717) is 16.5 Å². The smallest absolute Gasteiger partial charge is 0.137 e. The van der Waals surface area contributed by atoms with Gasteiger partial charge in [0.25, 0.3) is 0 Å². The summed E-state index contributed by atoms with van der Waals surface area (Å²) in [5.74, 6) is 4.94. The Labute approximate surface area is 125 Å².